The molecule has 0 saturated carbocycles. The van der Waals surface area contributed by atoms with Gasteiger partial charge < -0.3 is 14.8 Å². The van der Waals surface area contributed by atoms with Crippen LogP contribution in [0.5, 0.6) is 11.5 Å². The molecule has 0 heterocycles. The number of benzene rings is 3. The number of halogens is 3. The number of sulfonamides is 1. The Morgan fingerprint density at radius 1 is 1.00 bits per heavy atom. The molecule has 0 aliphatic rings. The Morgan fingerprint density at radius 2 is 1.71 bits per heavy atom. The summed E-state index contributed by atoms with van der Waals surface area (Å²) in [5.74, 6) is -0.847. The molecule has 0 aromatic heterocycles. The van der Waals surface area contributed by atoms with Gasteiger partial charge in [-0.05, 0) is 61.0 Å². The number of methoxy groups -OCH3 is 2. The van der Waals surface area contributed by atoms with Gasteiger partial charge in [-0.15, -0.1) is 0 Å². The lowest BCUT2D eigenvalue weighted by molar-refractivity contribution is -0.114. The first-order valence-electron chi connectivity index (χ1n) is 9.82. The number of hydrogen-bond acceptors (Lipinski definition) is 5. The standard InChI is InChI=1S/C23H21Cl2FN2O5S/c1-14-10-15(24)4-8-20(14)27-23(29)13-28(16-5-7-19(26)18(25)11-16)34(30,31)17-6-9-21(32-2)22(12-17)33-3/h4-12H,13H2,1-3H3,(H,27,29). The van der Waals surface area contributed by atoms with Gasteiger partial charge in [0.05, 0.1) is 29.8 Å². The van der Waals surface area contributed by atoms with E-state index in [1.807, 2.05) is 0 Å². The van der Waals surface area contributed by atoms with Crippen molar-refractivity contribution in [2.24, 2.45) is 0 Å². The van der Waals surface area contributed by atoms with E-state index in [0.717, 1.165) is 16.4 Å². The molecule has 1 amide bonds. The Hall–Kier alpha value is -3.01. The lowest BCUT2D eigenvalue weighted by atomic mass is 10.2. The quantitative estimate of drug-likeness (QED) is 0.430. The second kappa shape index (κ2) is 10.5. The number of carbonyl (C=O) groups is 1. The van der Waals surface area contributed by atoms with Crippen LogP contribution in [0.3, 0.4) is 0 Å². The summed E-state index contributed by atoms with van der Waals surface area (Å²) >= 11 is 11.9. The molecule has 180 valence electrons. The molecule has 0 atom stereocenters. The monoisotopic (exact) mass is 526 g/mol. The molecular weight excluding hydrogens is 506 g/mol. The smallest absolute Gasteiger partial charge is 0.264 e. The second-order valence-corrected chi connectivity index (χ2v) is 9.84. The van der Waals surface area contributed by atoms with Gasteiger partial charge in [-0.1, -0.05) is 23.2 Å². The van der Waals surface area contributed by atoms with Crippen molar-refractivity contribution in [2.45, 2.75) is 11.8 Å². The molecule has 0 unspecified atom stereocenters. The highest BCUT2D eigenvalue weighted by atomic mass is 35.5. The van der Waals surface area contributed by atoms with Crippen molar-refractivity contribution in [3.63, 3.8) is 0 Å². The summed E-state index contributed by atoms with van der Waals surface area (Å²) in [7, 11) is -1.52. The third-order valence-electron chi connectivity index (χ3n) is 4.88. The lowest BCUT2D eigenvalue weighted by Crippen LogP contribution is -2.38. The largest absolute Gasteiger partial charge is 0.493 e. The number of ether oxygens (including phenoxy) is 2. The van der Waals surface area contributed by atoms with Crippen LogP contribution >= 0.6 is 23.2 Å². The predicted octanol–water partition coefficient (Wildman–Crippen LogP) is 5.29. The average Bonchev–Trinajstić information content (AvgIpc) is 2.80. The minimum absolute atomic E-state index is 0.00385. The zero-order valence-electron chi connectivity index (χ0n) is 18.4. The van der Waals surface area contributed by atoms with Gasteiger partial charge in [-0.25, -0.2) is 12.8 Å². The van der Waals surface area contributed by atoms with E-state index in [0.29, 0.717) is 22.0 Å². The molecule has 3 rings (SSSR count). The Bertz CT molecular complexity index is 1330. The van der Waals surface area contributed by atoms with E-state index in [1.54, 1.807) is 25.1 Å². The van der Waals surface area contributed by atoms with Crippen LogP contribution in [0.1, 0.15) is 5.56 Å². The zero-order chi connectivity index (χ0) is 25.0. The van der Waals surface area contributed by atoms with Crippen molar-refractivity contribution >= 4 is 50.5 Å². The Labute approximate surface area is 207 Å². The summed E-state index contributed by atoms with van der Waals surface area (Å²) in [4.78, 5) is 12.7. The summed E-state index contributed by atoms with van der Waals surface area (Å²) in [6.45, 7) is 1.14. The van der Waals surface area contributed by atoms with E-state index >= 15 is 0 Å². The third-order valence-corrected chi connectivity index (χ3v) is 7.18. The van der Waals surface area contributed by atoms with Crippen LogP contribution < -0.4 is 19.1 Å². The molecule has 3 aromatic rings. The summed E-state index contributed by atoms with van der Waals surface area (Å²) in [5, 5.41) is 2.87. The van der Waals surface area contributed by atoms with E-state index in [2.05, 4.69) is 5.32 Å². The van der Waals surface area contributed by atoms with Crippen LogP contribution in [0.4, 0.5) is 15.8 Å². The first-order chi connectivity index (χ1) is 16.1. The maximum absolute atomic E-state index is 13.8. The van der Waals surface area contributed by atoms with Gasteiger partial charge in [0.2, 0.25) is 5.91 Å². The molecule has 0 saturated heterocycles. The van der Waals surface area contributed by atoms with Crippen LogP contribution in [-0.2, 0) is 14.8 Å². The number of aryl methyl sites for hydroxylation is 1. The molecule has 0 fully saturated rings. The summed E-state index contributed by atoms with van der Waals surface area (Å²) in [6.07, 6.45) is 0. The van der Waals surface area contributed by atoms with Crippen LogP contribution in [0.25, 0.3) is 0 Å². The number of hydrogen-bond donors (Lipinski definition) is 1. The number of carbonyl (C=O) groups excluding carboxylic acids is 1. The van der Waals surface area contributed by atoms with Crippen molar-refractivity contribution in [1.82, 2.24) is 0 Å². The number of nitrogens with one attached hydrogen (secondary N) is 1. The normalized spacial score (nSPS) is 11.1. The number of anilines is 2. The van der Waals surface area contributed by atoms with Crippen molar-refractivity contribution in [1.29, 1.82) is 0 Å². The Morgan fingerprint density at radius 3 is 2.32 bits per heavy atom. The first-order valence-corrected chi connectivity index (χ1v) is 12.0. The van der Waals surface area contributed by atoms with Crippen LogP contribution in [0, 0.1) is 12.7 Å². The van der Waals surface area contributed by atoms with E-state index in [9.17, 15) is 17.6 Å². The number of nitrogens with zero attached hydrogens (tertiary/aromatic N) is 1. The molecule has 0 spiro atoms. The molecule has 0 aliphatic heterocycles. The minimum atomic E-state index is -4.31. The van der Waals surface area contributed by atoms with Gasteiger partial charge in [0.25, 0.3) is 10.0 Å². The van der Waals surface area contributed by atoms with Gasteiger partial charge in [-0.3, -0.25) is 9.10 Å². The maximum atomic E-state index is 13.8. The van der Waals surface area contributed by atoms with Crippen molar-refractivity contribution in [3.05, 3.63) is 76.0 Å². The Kier molecular flexibility index (Phi) is 7.91. The number of rotatable bonds is 8. The van der Waals surface area contributed by atoms with Crippen LogP contribution in [-0.4, -0.2) is 35.1 Å². The molecule has 7 nitrogen and oxygen atoms in total. The summed E-state index contributed by atoms with van der Waals surface area (Å²) in [6, 6.07) is 12.3. The molecule has 34 heavy (non-hydrogen) atoms. The lowest BCUT2D eigenvalue weighted by Gasteiger charge is -2.25. The molecule has 0 radical (unpaired) electrons. The van der Waals surface area contributed by atoms with Crippen LogP contribution in [0.15, 0.2) is 59.5 Å². The maximum Gasteiger partial charge on any atom is 0.264 e. The van der Waals surface area contributed by atoms with E-state index in [1.165, 1.54) is 38.5 Å². The van der Waals surface area contributed by atoms with Crippen molar-refractivity contribution in [2.75, 3.05) is 30.4 Å². The van der Waals surface area contributed by atoms with E-state index in [-0.39, 0.29) is 21.4 Å². The fraction of sp³-hybridized carbons (Fsp3) is 0.174. The molecular formula is C23H21Cl2FN2O5S. The highest BCUT2D eigenvalue weighted by molar-refractivity contribution is 7.92. The number of amides is 1. The molecule has 0 bridgehead atoms. The Balaban J connectivity index is 2.03. The topological polar surface area (TPSA) is 84.9 Å². The predicted molar refractivity (Wildman–Crippen MR) is 130 cm³/mol. The van der Waals surface area contributed by atoms with Crippen molar-refractivity contribution in [3.8, 4) is 11.5 Å². The van der Waals surface area contributed by atoms with Gasteiger partial charge in [0.1, 0.15) is 12.4 Å². The van der Waals surface area contributed by atoms with Gasteiger partial charge in [0.15, 0.2) is 11.5 Å². The van der Waals surface area contributed by atoms with E-state index < -0.39 is 28.3 Å². The van der Waals surface area contributed by atoms with Crippen molar-refractivity contribution < 1.29 is 27.1 Å². The fourth-order valence-electron chi connectivity index (χ4n) is 3.15. The minimum Gasteiger partial charge on any atom is -0.493 e. The van der Waals surface area contributed by atoms with E-state index in [4.69, 9.17) is 32.7 Å². The highest BCUT2D eigenvalue weighted by Gasteiger charge is 2.29. The zero-order valence-corrected chi connectivity index (χ0v) is 20.8. The van der Waals surface area contributed by atoms with Gasteiger partial charge in [0, 0.05) is 16.8 Å². The second-order valence-electron chi connectivity index (χ2n) is 7.13. The van der Waals surface area contributed by atoms with Gasteiger partial charge >= 0.3 is 0 Å². The average molecular weight is 527 g/mol. The SMILES string of the molecule is COc1ccc(S(=O)(=O)N(CC(=O)Nc2ccc(Cl)cc2C)c2ccc(F)c(Cl)c2)cc1OC. The fourth-order valence-corrected chi connectivity index (χ4v) is 4.98. The summed E-state index contributed by atoms with van der Waals surface area (Å²) < 4.78 is 52.2. The molecule has 0 aliphatic carbocycles. The first kappa shape index (κ1) is 25.6. The third kappa shape index (κ3) is 5.55. The van der Waals surface area contributed by atoms with Gasteiger partial charge in [-0.2, -0.15) is 0 Å². The highest BCUT2D eigenvalue weighted by Crippen LogP contribution is 2.33. The van der Waals surface area contributed by atoms with Crippen LogP contribution in [0.2, 0.25) is 10.0 Å². The molecule has 3 aromatic carbocycles. The molecule has 1 N–H and O–H groups in total. The summed E-state index contributed by atoms with van der Waals surface area (Å²) in [5.41, 5.74) is 1.17. The molecule has 11 heteroatoms.